The van der Waals surface area contributed by atoms with Crippen molar-refractivity contribution >= 4 is 43.7 Å². The highest BCUT2D eigenvalue weighted by molar-refractivity contribution is 6.11. The fraction of sp³-hybridized carbons (Fsp3) is 0. The predicted octanol–water partition coefficient (Wildman–Crippen LogP) is 11.7. The van der Waals surface area contributed by atoms with Gasteiger partial charge in [-0.15, -0.1) is 0 Å². The van der Waals surface area contributed by atoms with Crippen molar-refractivity contribution in [1.82, 2.24) is 19.1 Å². The van der Waals surface area contributed by atoms with Gasteiger partial charge in [0.25, 0.3) is 0 Å². The van der Waals surface area contributed by atoms with Gasteiger partial charge in [-0.25, -0.2) is 4.98 Å². The molecule has 10 aromatic rings. The molecule has 0 fully saturated rings. The van der Waals surface area contributed by atoms with E-state index in [4.69, 9.17) is 9.97 Å². The molecule has 0 aliphatic heterocycles. The van der Waals surface area contributed by atoms with Gasteiger partial charge in [-0.05, 0) is 82.9 Å². The summed E-state index contributed by atoms with van der Waals surface area (Å²) in [6, 6.07) is 62.4. The molecule has 50 heavy (non-hydrogen) atoms. The van der Waals surface area contributed by atoms with Crippen molar-refractivity contribution in [1.29, 1.82) is 0 Å². The number of aromatic nitrogens is 4. The quantitative estimate of drug-likeness (QED) is 0.188. The van der Waals surface area contributed by atoms with Crippen LogP contribution in [-0.2, 0) is 0 Å². The summed E-state index contributed by atoms with van der Waals surface area (Å²) in [6.45, 7) is 0. The fourth-order valence-corrected chi connectivity index (χ4v) is 7.45. The fourth-order valence-electron chi connectivity index (χ4n) is 7.45. The average Bonchev–Trinajstić information content (AvgIpc) is 3.71. The van der Waals surface area contributed by atoms with Crippen molar-refractivity contribution in [2.45, 2.75) is 0 Å². The highest BCUT2D eigenvalue weighted by Gasteiger charge is 2.18. The van der Waals surface area contributed by atoms with E-state index in [0.29, 0.717) is 0 Å². The average molecular weight is 639 g/mol. The lowest BCUT2D eigenvalue weighted by atomic mass is 10.0. The largest absolute Gasteiger partial charge is 0.309 e. The Balaban J connectivity index is 1.22. The van der Waals surface area contributed by atoms with E-state index in [9.17, 15) is 0 Å². The van der Waals surface area contributed by atoms with E-state index in [1.807, 2.05) is 18.3 Å². The maximum absolute atomic E-state index is 5.32. The molecule has 4 heteroatoms. The van der Waals surface area contributed by atoms with Crippen LogP contribution in [0.5, 0.6) is 0 Å². The summed E-state index contributed by atoms with van der Waals surface area (Å²) in [7, 11) is 0. The zero-order valence-electron chi connectivity index (χ0n) is 27.1. The molecule has 0 aliphatic rings. The first-order valence-electron chi connectivity index (χ1n) is 16.9. The van der Waals surface area contributed by atoms with E-state index in [1.54, 1.807) is 0 Å². The lowest BCUT2D eigenvalue weighted by Gasteiger charge is -2.13. The summed E-state index contributed by atoms with van der Waals surface area (Å²) in [5.41, 5.74) is 13.1. The first kappa shape index (κ1) is 28.3. The summed E-state index contributed by atoms with van der Waals surface area (Å²) in [6.07, 6.45) is 1.87. The maximum Gasteiger partial charge on any atom is 0.138 e. The number of nitrogens with zero attached hydrogens (tertiary/aromatic N) is 4. The molecule has 0 saturated carbocycles. The zero-order valence-corrected chi connectivity index (χ0v) is 27.1. The van der Waals surface area contributed by atoms with Gasteiger partial charge in [0, 0.05) is 33.6 Å². The van der Waals surface area contributed by atoms with E-state index in [0.717, 1.165) is 67.0 Å². The smallest absolute Gasteiger partial charge is 0.138 e. The Morgan fingerprint density at radius 3 is 1.72 bits per heavy atom. The van der Waals surface area contributed by atoms with Gasteiger partial charge in [-0.3, -0.25) is 9.55 Å². The van der Waals surface area contributed by atoms with Crippen LogP contribution in [0.25, 0.3) is 88.8 Å². The van der Waals surface area contributed by atoms with Gasteiger partial charge in [0.05, 0.1) is 33.3 Å². The molecular weight excluding hydrogens is 609 g/mol. The standard InChI is InChI=1S/C46H30N4/c1-4-13-31(14-5-1)35-27-40(32-15-6-2-7-16-32)48-45(30-35)50-42-21-12-26-47-46(42)39-25-23-34(29-44(39)50)33-22-24-38-37-19-10-11-20-41(37)49(43(38)28-33)36-17-8-3-9-18-36/h1-30H. The van der Waals surface area contributed by atoms with Crippen molar-refractivity contribution in [3.05, 3.63) is 182 Å². The van der Waals surface area contributed by atoms with Crippen LogP contribution in [-0.4, -0.2) is 19.1 Å². The second-order valence-electron chi connectivity index (χ2n) is 12.7. The minimum atomic E-state index is 0.856. The molecule has 0 aliphatic carbocycles. The number of pyridine rings is 2. The second-order valence-corrected chi connectivity index (χ2v) is 12.7. The Morgan fingerprint density at radius 1 is 0.360 bits per heavy atom. The Labute approximate surface area is 289 Å². The number of benzene rings is 6. The first-order chi connectivity index (χ1) is 24.8. The molecule has 6 aromatic carbocycles. The van der Waals surface area contributed by atoms with Crippen LogP contribution in [0.2, 0.25) is 0 Å². The molecule has 4 nitrogen and oxygen atoms in total. The van der Waals surface area contributed by atoms with Crippen LogP contribution in [0.3, 0.4) is 0 Å². The molecule has 0 unspecified atom stereocenters. The van der Waals surface area contributed by atoms with Crippen molar-refractivity contribution in [2.24, 2.45) is 0 Å². The maximum atomic E-state index is 5.32. The Bertz CT molecular complexity index is 2790. The molecule has 10 rings (SSSR count). The van der Waals surface area contributed by atoms with Gasteiger partial charge in [-0.1, -0.05) is 115 Å². The van der Waals surface area contributed by atoms with Crippen molar-refractivity contribution < 1.29 is 0 Å². The van der Waals surface area contributed by atoms with E-state index < -0.39 is 0 Å². The normalized spacial score (nSPS) is 11.6. The van der Waals surface area contributed by atoms with Crippen molar-refractivity contribution in [3.63, 3.8) is 0 Å². The summed E-state index contributed by atoms with van der Waals surface area (Å²) in [5, 5.41) is 3.58. The van der Waals surface area contributed by atoms with Crippen LogP contribution in [0.15, 0.2) is 182 Å². The molecule has 0 amide bonds. The zero-order chi connectivity index (χ0) is 33.0. The van der Waals surface area contributed by atoms with Crippen LogP contribution >= 0.6 is 0 Å². The van der Waals surface area contributed by atoms with E-state index in [2.05, 4.69) is 173 Å². The topological polar surface area (TPSA) is 35.6 Å². The summed E-state index contributed by atoms with van der Waals surface area (Å²) >= 11 is 0. The van der Waals surface area contributed by atoms with Crippen LogP contribution in [0, 0.1) is 0 Å². The number of fused-ring (bicyclic) bond motifs is 6. The van der Waals surface area contributed by atoms with Gasteiger partial charge in [-0.2, -0.15) is 0 Å². The minimum absolute atomic E-state index is 0.856. The molecule has 0 radical (unpaired) electrons. The van der Waals surface area contributed by atoms with Crippen LogP contribution in [0.1, 0.15) is 0 Å². The number of para-hydroxylation sites is 2. The molecule has 0 bridgehead atoms. The highest BCUT2D eigenvalue weighted by Crippen LogP contribution is 2.38. The summed E-state index contributed by atoms with van der Waals surface area (Å²) in [4.78, 5) is 10.2. The lowest BCUT2D eigenvalue weighted by molar-refractivity contribution is 1.08. The molecule has 0 N–H and O–H groups in total. The molecule has 4 aromatic heterocycles. The first-order valence-corrected chi connectivity index (χ1v) is 16.9. The van der Waals surface area contributed by atoms with Gasteiger partial charge in [0.1, 0.15) is 5.82 Å². The van der Waals surface area contributed by atoms with Crippen molar-refractivity contribution in [2.75, 3.05) is 0 Å². The molecule has 234 valence electrons. The molecular formula is C46H30N4. The van der Waals surface area contributed by atoms with E-state index >= 15 is 0 Å². The Morgan fingerprint density at radius 2 is 0.960 bits per heavy atom. The van der Waals surface area contributed by atoms with Gasteiger partial charge in [0.2, 0.25) is 0 Å². The molecule has 0 atom stereocenters. The third-order valence-corrected chi connectivity index (χ3v) is 9.76. The van der Waals surface area contributed by atoms with Crippen molar-refractivity contribution in [3.8, 4) is 45.0 Å². The Hall–Kier alpha value is -6.78. The van der Waals surface area contributed by atoms with E-state index in [1.165, 1.54) is 21.8 Å². The summed E-state index contributed by atoms with van der Waals surface area (Å²) < 4.78 is 4.65. The second kappa shape index (κ2) is 11.4. The van der Waals surface area contributed by atoms with Crippen LogP contribution < -0.4 is 0 Å². The summed E-state index contributed by atoms with van der Waals surface area (Å²) in [5.74, 6) is 0.856. The monoisotopic (exact) mass is 638 g/mol. The number of hydrogen-bond donors (Lipinski definition) is 0. The number of rotatable bonds is 5. The van der Waals surface area contributed by atoms with Crippen LogP contribution in [0.4, 0.5) is 0 Å². The van der Waals surface area contributed by atoms with E-state index in [-0.39, 0.29) is 0 Å². The van der Waals surface area contributed by atoms with Gasteiger partial charge >= 0.3 is 0 Å². The third kappa shape index (κ3) is 4.54. The SMILES string of the molecule is c1ccc(-c2cc(-c3ccccc3)nc(-n3c4cc(-c5ccc6c7ccccc7n(-c7ccccc7)c6c5)ccc4c4ncccc43)c2)cc1. The predicted molar refractivity (Wildman–Crippen MR) is 207 cm³/mol. The number of hydrogen-bond acceptors (Lipinski definition) is 2. The molecule has 0 spiro atoms. The Kier molecular flexibility index (Phi) is 6.46. The molecule has 0 saturated heterocycles. The highest BCUT2D eigenvalue weighted by atomic mass is 15.1. The molecule has 4 heterocycles. The lowest BCUT2D eigenvalue weighted by Crippen LogP contribution is -2.00. The van der Waals surface area contributed by atoms with Gasteiger partial charge < -0.3 is 4.57 Å². The minimum Gasteiger partial charge on any atom is -0.309 e. The van der Waals surface area contributed by atoms with Gasteiger partial charge in [0.15, 0.2) is 0 Å². The third-order valence-electron chi connectivity index (χ3n) is 9.76.